The van der Waals surface area contributed by atoms with E-state index in [1.165, 1.54) is 36.6 Å². The van der Waals surface area contributed by atoms with Crippen LogP contribution < -0.4 is 10.1 Å². The number of carbonyl (C=O) groups excluding carboxylic acids is 3. The highest BCUT2D eigenvalue weighted by Gasteiger charge is 2.29. The molecule has 2 amide bonds. The molecule has 0 aliphatic heterocycles. The number of rotatable bonds is 11. The number of benzene rings is 1. The number of fused-ring (bicyclic) bond motifs is 2. The summed E-state index contributed by atoms with van der Waals surface area (Å²) in [6.07, 6.45) is 2.29. The van der Waals surface area contributed by atoms with Crippen LogP contribution >= 0.6 is 22.7 Å². The molecule has 0 radical (unpaired) electrons. The van der Waals surface area contributed by atoms with Gasteiger partial charge in [0.2, 0.25) is 5.91 Å². The van der Waals surface area contributed by atoms with E-state index in [2.05, 4.69) is 10.3 Å². The Hall–Kier alpha value is -3.47. The zero-order valence-electron chi connectivity index (χ0n) is 21.6. The number of nitrogens with one attached hydrogen (secondary N) is 1. The fourth-order valence-corrected chi connectivity index (χ4v) is 7.74. The van der Waals surface area contributed by atoms with Crippen molar-refractivity contribution in [1.29, 1.82) is 0 Å². The monoisotopic (exact) mass is 610 g/mol. The van der Waals surface area contributed by atoms with Crippen LogP contribution in [0.15, 0.2) is 23.2 Å². The fourth-order valence-electron chi connectivity index (χ4n) is 4.33. The van der Waals surface area contributed by atoms with Gasteiger partial charge in [0.15, 0.2) is 14.6 Å². The van der Waals surface area contributed by atoms with Gasteiger partial charge in [0.05, 0.1) is 34.4 Å². The van der Waals surface area contributed by atoms with Crippen molar-refractivity contribution in [2.75, 3.05) is 37.1 Å². The lowest BCUT2D eigenvalue weighted by molar-refractivity contribution is -0.384. The molecule has 1 aliphatic carbocycles. The molecular weight excluding hydrogens is 584 g/mol. The molecule has 0 bridgehead atoms. The van der Waals surface area contributed by atoms with Gasteiger partial charge in [-0.25, -0.2) is 13.2 Å². The van der Waals surface area contributed by atoms with Crippen molar-refractivity contribution in [3.05, 3.63) is 49.1 Å². The van der Waals surface area contributed by atoms with Crippen LogP contribution in [0, 0.1) is 10.1 Å². The Labute approximate surface area is 236 Å². The predicted molar refractivity (Wildman–Crippen MR) is 148 cm³/mol. The molecule has 2 heterocycles. The predicted octanol–water partition coefficient (Wildman–Crippen LogP) is 2.47. The molecule has 13 nitrogen and oxygen atoms in total. The summed E-state index contributed by atoms with van der Waals surface area (Å²) >= 11 is 2.21. The van der Waals surface area contributed by atoms with E-state index in [1.54, 1.807) is 4.57 Å². The van der Waals surface area contributed by atoms with E-state index in [4.69, 9.17) is 9.47 Å². The Balaban J connectivity index is 1.52. The average Bonchev–Trinajstić information content (AvgIpc) is 3.55. The molecule has 0 unspecified atom stereocenters. The van der Waals surface area contributed by atoms with Gasteiger partial charge < -0.3 is 19.4 Å². The highest BCUT2D eigenvalue weighted by atomic mass is 32.2. The molecule has 0 fully saturated rings. The lowest BCUT2D eigenvalue weighted by Crippen LogP contribution is -2.28. The Kier molecular flexibility index (Phi) is 9.12. The minimum absolute atomic E-state index is 0.136. The number of thiazole rings is 1. The minimum atomic E-state index is -4.22. The second-order valence-corrected chi connectivity index (χ2v) is 13.0. The lowest BCUT2D eigenvalue weighted by atomic mass is 10.1. The summed E-state index contributed by atoms with van der Waals surface area (Å²) in [5.74, 6) is -4.51. The van der Waals surface area contributed by atoms with Gasteiger partial charge in [-0.05, 0) is 37.8 Å². The average molecular weight is 611 g/mol. The summed E-state index contributed by atoms with van der Waals surface area (Å²) in [5.41, 5.74) is 1.48. The third-order valence-corrected chi connectivity index (χ3v) is 9.66. The van der Waals surface area contributed by atoms with Gasteiger partial charge in [0.1, 0.15) is 16.5 Å². The van der Waals surface area contributed by atoms with Crippen LogP contribution in [0.5, 0.6) is 0 Å². The number of thiophene rings is 1. The molecule has 4 rings (SSSR count). The highest BCUT2D eigenvalue weighted by Crippen LogP contribution is 2.39. The van der Waals surface area contributed by atoms with Gasteiger partial charge in [-0.3, -0.25) is 19.7 Å². The van der Waals surface area contributed by atoms with Crippen molar-refractivity contribution >= 4 is 71.2 Å². The molecule has 0 spiro atoms. The number of sulfone groups is 1. The molecule has 2 aromatic heterocycles. The zero-order chi connectivity index (χ0) is 29.0. The second kappa shape index (κ2) is 12.4. The SMILES string of the molecule is CCOCCn1c(=NC(=O)CS(=O)(=O)CC(=O)Nc2sc3c(c2C(=O)OC)CCC3)sc2cc([N+](=O)[O-])ccc21. The smallest absolute Gasteiger partial charge is 0.341 e. The summed E-state index contributed by atoms with van der Waals surface area (Å²) < 4.78 is 37.7. The number of anilines is 1. The van der Waals surface area contributed by atoms with Crippen LogP contribution in [0.2, 0.25) is 0 Å². The second-order valence-electron chi connectivity index (χ2n) is 8.78. The number of carbonyl (C=O) groups is 3. The first-order chi connectivity index (χ1) is 19.0. The van der Waals surface area contributed by atoms with E-state index in [-0.39, 0.29) is 34.2 Å². The van der Waals surface area contributed by atoms with Crippen LogP contribution in [0.1, 0.15) is 34.1 Å². The van der Waals surface area contributed by atoms with Crippen molar-refractivity contribution in [1.82, 2.24) is 4.57 Å². The van der Waals surface area contributed by atoms with Crippen LogP contribution in [0.25, 0.3) is 10.2 Å². The van der Waals surface area contributed by atoms with E-state index in [0.717, 1.165) is 34.6 Å². The molecule has 0 atom stereocenters. The molecule has 0 saturated carbocycles. The lowest BCUT2D eigenvalue weighted by Gasteiger charge is -2.07. The van der Waals surface area contributed by atoms with E-state index in [0.29, 0.717) is 23.2 Å². The van der Waals surface area contributed by atoms with Crippen molar-refractivity contribution in [2.45, 2.75) is 32.7 Å². The Morgan fingerprint density at radius 1 is 1.20 bits per heavy atom. The summed E-state index contributed by atoms with van der Waals surface area (Å²) in [7, 11) is -2.99. The quantitative estimate of drug-likeness (QED) is 0.148. The number of ether oxygens (including phenoxy) is 2. The van der Waals surface area contributed by atoms with Gasteiger partial charge in [-0.2, -0.15) is 4.99 Å². The van der Waals surface area contributed by atoms with Gasteiger partial charge in [-0.1, -0.05) is 11.3 Å². The Morgan fingerprint density at radius 2 is 1.98 bits per heavy atom. The van der Waals surface area contributed by atoms with Crippen LogP contribution in [-0.2, 0) is 48.3 Å². The number of amides is 2. The number of aromatic nitrogens is 1. The van der Waals surface area contributed by atoms with Crippen LogP contribution in [-0.4, -0.2) is 67.5 Å². The standard InChI is InChI=1S/C24H26N4O9S3/c1-3-37-10-9-27-16-8-7-14(28(32)33)11-18(16)39-24(27)26-20(30)13-40(34,35)12-19(29)25-22-21(23(31)36-2)15-5-4-6-17(15)38-22/h7-8,11H,3-6,9-10,12-13H2,1-2H3,(H,25,29). The van der Waals surface area contributed by atoms with Crippen molar-refractivity contribution < 1.29 is 37.2 Å². The number of non-ortho nitro benzene ring substituents is 1. The topological polar surface area (TPSA) is 176 Å². The highest BCUT2D eigenvalue weighted by molar-refractivity contribution is 7.92. The van der Waals surface area contributed by atoms with E-state index < -0.39 is 44.0 Å². The van der Waals surface area contributed by atoms with Crippen molar-refractivity contribution in [2.24, 2.45) is 4.99 Å². The van der Waals surface area contributed by atoms with E-state index >= 15 is 0 Å². The third-order valence-electron chi connectivity index (χ3n) is 6.02. The summed E-state index contributed by atoms with van der Waals surface area (Å²) in [4.78, 5) is 53.3. The van der Waals surface area contributed by atoms with Gasteiger partial charge in [0.25, 0.3) is 11.6 Å². The first kappa shape index (κ1) is 29.5. The molecule has 1 N–H and O–H groups in total. The summed E-state index contributed by atoms with van der Waals surface area (Å²) in [5, 5.41) is 13.9. The summed E-state index contributed by atoms with van der Waals surface area (Å²) in [6, 6.07) is 4.21. The van der Waals surface area contributed by atoms with E-state index in [9.17, 15) is 32.9 Å². The molecule has 40 heavy (non-hydrogen) atoms. The van der Waals surface area contributed by atoms with E-state index in [1.807, 2.05) is 6.92 Å². The molecule has 0 saturated heterocycles. The maximum absolute atomic E-state index is 12.7. The van der Waals surface area contributed by atoms with Crippen molar-refractivity contribution in [3.63, 3.8) is 0 Å². The third kappa shape index (κ3) is 6.63. The molecule has 1 aromatic carbocycles. The Bertz CT molecular complexity index is 1670. The van der Waals surface area contributed by atoms with Crippen LogP contribution in [0.3, 0.4) is 0 Å². The van der Waals surface area contributed by atoms with Crippen molar-refractivity contribution in [3.8, 4) is 0 Å². The minimum Gasteiger partial charge on any atom is -0.465 e. The zero-order valence-corrected chi connectivity index (χ0v) is 24.1. The normalized spacial score (nSPS) is 13.4. The van der Waals surface area contributed by atoms with Gasteiger partial charge in [0, 0.05) is 30.2 Å². The summed E-state index contributed by atoms with van der Waals surface area (Å²) in [6.45, 7) is 2.82. The number of aryl methyl sites for hydroxylation is 1. The molecular formula is C24H26N4O9S3. The first-order valence-corrected chi connectivity index (χ1v) is 15.6. The maximum Gasteiger partial charge on any atom is 0.341 e. The molecule has 1 aliphatic rings. The molecule has 16 heteroatoms. The number of nitrogens with zero attached hydrogens (tertiary/aromatic N) is 3. The molecule has 214 valence electrons. The van der Waals surface area contributed by atoms with Gasteiger partial charge >= 0.3 is 5.97 Å². The number of methoxy groups -OCH3 is 1. The fraction of sp³-hybridized carbons (Fsp3) is 0.417. The first-order valence-electron chi connectivity index (χ1n) is 12.2. The number of hydrogen-bond donors (Lipinski definition) is 1. The number of esters is 1. The number of nitro benzene ring substituents is 1. The van der Waals surface area contributed by atoms with Crippen LogP contribution in [0.4, 0.5) is 10.7 Å². The Morgan fingerprint density at radius 3 is 2.67 bits per heavy atom. The largest absolute Gasteiger partial charge is 0.465 e. The number of hydrogen-bond acceptors (Lipinski definition) is 11. The maximum atomic E-state index is 12.7. The molecule has 3 aromatic rings. The number of nitro groups is 1. The van der Waals surface area contributed by atoms with Gasteiger partial charge in [-0.15, -0.1) is 11.3 Å².